The summed E-state index contributed by atoms with van der Waals surface area (Å²) in [5.74, 6) is 5.13. The molecule has 10 heteroatoms. The third kappa shape index (κ3) is 4.51. The van der Waals surface area contributed by atoms with E-state index < -0.39 is 33.3 Å². The summed E-state index contributed by atoms with van der Waals surface area (Å²) < 4.78 is 26.9. The van der Waals surface area contributed by atoms with Crippen LogP contribution in [0.2, 0.25) is 0 Å². The van der Waals surface area contributed by atoms with Crippen LogP contribution in [-0.4, -0.2) is 61.5 Å². The zero-order valence-electron chi connectivity index (χ0n) is 18.8. The first-order valence-corrected chi connectivity index (χ1v) is 12.3. The Labute approximate surface area is 193 Å². The summed E-state index contributed by atoms with van der Waals surface area (Å²) in [4.78, 5) is 37.3. The molecule has 0 bridgehead atoms. The minimum absolute atomic E-state index is 0.0902. The Morgan fingerprint density at radius 3 is 2.45 bits per heavy atom. The van der Waals surface area contributed by atoms with Crippen LogP contribution < -0.4 is 15.5 Å². The lowest BCUT2D eigenvalue weighted by molar-refractivity contribution is -0.132. The Kier molecular flexibility index (Phi) is 5.58. The first-order valence-electron chi connectivity index (χ1n) is 10.6. The molecule has 1 aromatic carbocycles. The number of amides is 4. The molecule has 3 heterocycles. The summed E-state index contributed by atoms with van der Waals surface area (Å²) in [7, 11) is -3.77. The van der Waals surface area contributed by atoms with Crippen molar-refractivity contribution in [2.24, 2.45) is 5.41 Å². The maximum Gasteiger partial charge on any atom is 0.322 e. The van der Waals surface area contributed by atoms with Gasteiger partial charge in [0.1, 0.15) is 5.54 Å². The minimum Gasteiger partial charge on any atom is -0.322 e. The number of carbonyl (C=O) groups excluding carboxylic acids is 3. The molecule has 0 spiro atoms. The molecule has 0 aliphatic carbocycles. The van der Waals surface area contributed by atoms with Crippen LogP contribution in [0.25, 0.3) is 0 Å². The zero-order chi connectivity index (χ0) is 24.0. The summed E-state index contributed by atoms with van der Waals surface area (Å²) in [6, 6.07) is 6.80. The predicted octanol–water partition coefficient (Wildman–Crippen LogP) is 0.971. The number of hydrogen-bond donors (Lipinski definition) is 2. The normalized spacial score (nSPS) is 24.9. The Morgan fingerprint density at radius 2 is 1.88 bits per heavy atom. The van der Waals surface area contributed by atoms with E-state index in [9.17, 15) is 22.8 Å². The van der Waals surface area contributed by atoms with Crippen molar-refractivity contribution in [1.82, 2.24) is 14.9 Å². The van der Waals surface area contributed by atoms with Crippen molar-refractivity contribution < 1.29 is 22.8 Å². The first kappa shape index (κ1) is 23.0. The molecule has 0 radical (unpaired) electrons. The molecule has 9 nitrogen and oxygen atoms in total. The van der Waals surface area contributed by atoms with Crippen molar-refractivity contribution in [2.45, 2.75) is 32.7 Å². The standard InChI is InChI=1S/C23H26N4O5S/c1-22(2)14-27(20(22)29)18-6-4-5-17(13-18)8-7-16-9-11-26(12-10-16)33(31,32)15-23(3)19(28)24-21(30)25-23/h4-6,9,13H,10-12,14-15H2,1-3H3,(H2,24,25,28,30). The molecule has 174 valence electrons. The maximum absolute atomic E-state index is 12.8. The van der Waals surface area contributed by atoms with Crippen LogP contribution in [0.4, 0.5) is 10.5 Å². The monoisotopic (exact) mass is 470 g/mol. The molecule has 0 aromatic heterocycles. The van der Waals surface area contributed by atoms with Crippen LogP contribution in [0.5, 0.6) is 0 Å². The van der Waals surface area contributed by atoms with Crippen LogP contribution in [0, 0.1) is 17.3 Å². The number of urea groups is 1. The second-order valence-electron chi connectivity index (χ2n) is 9.41. The third-order valence-electron chi connectivity index (χ3n) is 6.06. The number of hydrogen-bond acceptors (Lipinski definition) is 5. The number of benzene rings is 1. The predicted molar refractivity (Wildman–Crippen MR) is 123 cm³/mol. The smallest absolute Gasteiger partial charge is 0.322 e. The fourth-order valence-electron chi connectivity index (χ4n) is 4.08. The van der Waals surface area contributed by atoms with E-state index >= 15 is 0 Å². The Balaban J connectivity index is 1.41. The van der Waals surface area contributed by atoms with Gasteiger partial charge in [0, 0.05) is 36.5 Å². The average molecular weight is 471 g/mol. The molecular formula is C23H26N4O5S. The molecule has 1 atom stereocenters. The van der Waals surface area contributed by atoms with E-state index in [-0.39, 0.29) is 24.4 Å². The van der Waals surface area contributed by atoms with Gasteiger partial charge in [-0.05, 0) is 45.4 Å². The van der Waals surface area contributed by atoms with E-state index in [2.05, 4.69) is 22.5 Å². The van der Waals surface area contributed by atoms with Gasteiger partial charge < -0.3 is 10.2 Å². The molecule has 1 unspecified atom stereocenters. The Morgan fingerprint density at radius 1 is 1.12 bits per heavy atom. The molecular weight excluding hydrogens is 444 g/mol. The molecule has 3 aliphatic heterocycles. The van der Waals surface area contributed by atoms with Gasteiger partial charge in [-0.1, -0.05) is 24.0 Å². The highest BCUT2D eigenvalue weighted by Gasteiger charge is 2.47. The van der Waals surface area contributed by atoms with E-state index in [0.29, 0.717) is 13.0 Å². The van der Waals surface area contributed by atoms with Crippen molar-refractivity contribution in [2.75, 3.05) is 30.3 Å². The van der Waals surface area contributed by atoms with Gasteiger partial charge in [0.2, 0.25) is 15.9 Å². The second-order valence-corrected chi connectivity index (χ2v) is 11.4. The van der Waals surface area contributed by atoms with Gasteiger partial charge in [-0.15, -0.1) is 0 Å². The number of rotatable bonds is 4. The van der Waals surface area contributed by atoms with E-state index in [4.69, 9.17) is 0 Å². The number of β-lactam (4-membered cyclic amide) rings is 1. The lowest BCUT2D eigenvalue weighted by atomic mass is 9.82. The van der Waals surface area contributed by atoms with E-state index in [0.717, 1.165) is 16.8 Å². The molecule has 3 aliphatic rings. The number of nitrogens with zero attached hydrogens (tertiary/aromatic N) is 2. The Hall–Kier alpha value is -3.16. The van der Waals surface area contributed by atoms with Gasteiger partial charge in [0.15, 0.2) is 0 Å². The van der Waals surface area contributed by atoms with E-state index in [1.165, 1.54) is 11.2 Å². The van der Waals surface area contributed by atoms with Crippen molar-refractivity contribution in [3.8, 4) is 11.8 Å². The molecule has 1 aromatic rings. The third-order valence-corrected chi connectivity index (χ3v) is 8.12. The topological polar surface area (TPSA) is 116 Å². The number of imide groups is 1. The quantitative estimate of drug-likeness (QED) is 0.387. The number of carbonyl (C=O) groups is 3. The lowest BCUT2D eigenvalue weighted by Gasteiger charge is -2.44. The lowest BCUT2D eigenvalue weighted by Crippen LogP contribution is -2.58. The average Bonchev–Trinajstić information content (AvgIpc) is 3.01. The van der Waals surface area contributed by atoms with Gasteiger partial charge in [-0.25, -0.2) is 13.2 Å². The molecule has 2 fully saturated rings. The van der Waals surface area contributed by atoms with Crippen molar-refractivity contribution in [3.63, 3.8) is 0 Å². The second kappa shape index (κ2) is 8.01. The highest BCUT2D eigenvalue weighted by atomic mass is 32.2. The Bertz CT molecular complexity index is 1240. The molecule has 0 saturated carbocycles. The molecule has 4 rings (SSSR count). The number of sulfonamides is 1. The fraction of sp³-hybridized carbons (Fsp3) is 0.435. The van der Waals surface area contributed by atoms with E-state index in [1.54, 1.807) is 11.0 Å². The SMILES string of the molecule is CC1(C)CN(c2cccc(C#CC3=CCN(S(=O)(=O)CC4(C)NC(=O)NC4=O)CC3)c2)C1=O. The molecule has 4 amide bonds. The van der Waals surface area contributed by atoms with Gasteiger partial charge >= 0.3 is 6.03 Å². The van der Waals surface area contributed by atoms with Crippen LogP contribution in [-0.2, 0) is 19.6 Å². The van der Waals surface area contributed by atoms with Gasteiger partial charge in [0.05, 0.1) is 11.2 Å². The van der Waals surface area contributed by atoms with Crippen LogP contribution in [0.15, 0.2) is 35.9 Å². The highest BCUT2D eigenvalue weighted by molar-refractivity contribution is 7.89. The molecule has 2 saturated heterocycles. The summed E-state index contributed by atoms with van der Waals surface area (Å²) in [6.45, 7) is 6.30. The fourth-order valence-corrected chi connectivity index (χ4v) is 5.86. The van der Waals surface area contributed by atoms with E-state index in [1.807, 2.05) is 38.1 Å². The van der Waals surface area contributed by atoms with Crippen LogP contribution in [0.3, 0.4) is 0 Å². The summed E-state index contributed by atoms with van der Waals surface area (Å²) in [6.07, 6.45) is 2.20. The molecule has 2 N–H and O–H groups in total. The molecule has 33 heavy (non-hydrogen) atoms. The summed E-state index contributed by atoms with van der Waals surface area (Å²) in [5, 5.41) is 4.46. The van der Waals surface area contributed by atoms with Crippen molar-refractivity contribution in [1.29, 1.82) is 0 Å². The maximum atomic E-state index is 12.8. The largest absolute Gasteiger partial charge is 0.322 e. The van der Waals surface area contributed by atoms with Gasteiger partial charge in [-0.2, -0.15) is 4.31 Å². The van der Waals surface area contributed by atoms with Crippen LogP contribution in [0.1, 0.15) is 32.8 Å². The zero-order valence-corrected chi connectivity index (χ0v) is 19.6. The van der Waals surface area contributed by atoms with Gasteiger partial charge in [0.25, 0.3) is 5.91 Å². The summed E-state index contributed by atoms with van der Waals surface area (Å²) >= 11 is 0. The number of nitrogens with one attached hydrogen (secondary N) is 2. The minimum atomic E-state index is -3.77. The summed E-state index contributed by atoms with van der Waals surface area (Å²) in [5.41, 5.74) is 0.601. The first-order chi connectivity index (χ1) is 15.4. The van der Waals surface area contributed by atoms with Crippen LogP contribution >= 0.6 is 0 Å². The van der Waals surface area contributed by atoms with Gasteiger partial charge in [-0.3, -0.25) is 14.9 Å². The van der Waals surface area contributed by atoms with Crippen molar-refractivity contribution in [3.05, 3.63) is 41.5 Å². The highest BCUT2D eigenvalue weighted by Crippen LogP contribution is 2.35. The number of anilines is 1. The van der Waals surface area contributed by atoms with Crippen molar-refractivity contribution >= 4 is 33.6 Å².